The highest BCUT2D eigenvalue weighted by molar-refractivity contribution is 7.98. The highest BCUT2D eigenvalue weighted by Gasteiger charge is 2.20. The van der Waals surface area contributed by atoms with Crippen molar-refractivity contribution in [2.75, 3.05) is 18.1 Å². The molecule has 0 spiro atoms. The Morgan fingerprint density at radius 1 is 1.18 bits per heavy atom. The van der Waals surface area contributed by atoms with E-state index in [2.05, 4.69) is 15.8 Å². The monoisotopic (exact) mass is 487 g/mol. The van der Waals surface area contributed by atoms with Crippen LogP contribution in [-0.2, 0) is 15.3 Å². The Hall–Kier alpha value is -2.97. The quantitative estimate of drug-likeness (QED) is 0.360. The normalized spacial score (nSPS) is 11.6. The summed E-state index contributed by atoms with van der Waals surface area (Å²) in [5.41, 5.74) is 3.63. The summed E-state index contributed by atoms with van der Waals surface area (Å²) in [4.78, 5) is 23.8. The summed E-state index contributed by atoms with van der Waals surface area (Å²) in [7, 11) is 1.64. The molecule has 3 aromatic rings. The summed E-state index contributed by atoms with van der Waals surface area (Å²) in [6, 6.07) is 15.0. The molecule has 7 nitrogen and oxygen atoms in total. The van der Waals surface area contributed by atoms with E-state index >= 15 is 0 Å². The van der Waals surface area contributed by atoms with E-state index < -0.39 is 12.2 Å². The number of thioether (sulfide) groups is 1. The number of nitrogens with zero attached hydrogens (tertiary/aromatic N) is 1. The zero-order valence-electron chi connectivity index (χ0n) is 18.7. The number of nitrogens with one attached hydrogen (secondary N) is 2. The standard InChI is InChI=1S/C24H26ClN3O4S/c1-15-22(27-24(30)31-16(2)19-6-4-5-7-20(19)25)23(32-28-15)18-10-8-17(9-11-18)14-33-13-12-21(29)26-3/h4-11,16H,12-14H2,1-3H3,(H,26,29)(H,27,30)/t16-/m1/s1. The van der Waals surface area contributed by atoms with Gasteiger partial charge in [-0.05, 0) is 25.5 Å². The summed E-state index contributed by atoms with van der Waals surface area (Å²) >= 11 is 7.89. The van der Waals surface area contributed by atoms with Gasteiger partial charge in [0, 0.05) is 41.1 Å². The Morgan fingerprint density at radius 3 is 2.61 bits per heavy atom. The molecule has 0 bridgehead atoms. The van der Waals surface area contributed by atoms with Crippen LogP contribution >= 0.6 is 23.4 Å². The van der Waals surface area contributed by atoms with Crippen LogP contribution in [0.1, 0.15) is 36.3 Å². The Morgan fingerprint density at radius 2 is 1.91 bits per heavy atom. The zero-order valence-corrected chi connectivity index (χ0v) is 20.3. The van der Waals surface area contributed by atoms with Crippen molar-refractivity contribution in [1.29, 1.82) is 0 Å². The molecule has 0 aliphatic heterocycles. The third-order valence-electron chi connectivity index (χ3n) is 4.95. The van der Waals surface area contributed by atoms with Gasteiger partial charge in [-0.2, -0.15) is 11.8 Å². The van der Waals surface area contributed by atoms with Gasteiger partial charge in [-0.15, -0.1) is 0 Å². The SMILES string of the molecule is CNC(=O)CCSCc1ccc(-c2onc(C)c2NC(=O)O[C@H](C)c2ccccc2Cl)cc1. The summed E-state index contributed by atoms with van der Waals surface area (Å²) in [5, 5.41) is 9.90. The molecule has 0 aliphatic carbocycles. The fourth-order valence-electron chi connectivity index (χ4n) is 3.11. The van der Waals surface area contributed by atoms with Crippen molar-refractivity contribution in [1.82, 2.24) is 10.5 Å². The number of aromatic nitrogens is 1. The molecule has 0 aliphatic rings. The van der Waals surface area contributed by atoms with E-state index in [-0.39, 0.29) is 5.91 Å². The Kier molecular flexibility index (Phi) is 8.79. The number of carbonyl (C=O) groups is 2. The van der Waals surface area contributed by atoms with Crippen LogP contribution in [0.4, 0.5) is 10.5 Å². The third-order valence-corrected chi connectivity index (χ3v) is 6.33. The van der Waals surface area contributed by atoms with Crippen LogP contribution in [-0.4, -0.2) is 30.0 Å². The van der Waals surface area contributed by atoms with Crippen LogP contribution < -0.4 is 10.6 Å². The largest absolute Gasteiger partial charge is 0.441 e. The fourth-order valence-corrected chi connectivity index (χ4v) is 4.30. The van der Waals surface area contributed by atoms with E-state index in [0.29, 0.717) is 28.6 Å². The summed E-state index contributed by atoms with van der Waals surface area (Å²) in [5.74, 6) is 2.04. The lowest BCUT2D eigenvalue weighted by atomic mass is 10.1. The third kappa shape index (κ3) is 6.76. The first kappa shape index (κ1) is 24.7. The molecule has 0 unspecified atom stereocenters. The number of amides is 2. The molecule has 174 valence electrons. The molecule has 1 heterocycles. The minimum Gasteiger partial charge on any atom is -0.441 e. The molecule has 2 aromatic carbocycles. The Balaban J connectivity index is 1.62. The van der Waals surface area contributed by atoms with Gasteiger partial charge < -0.3 is 14.6 Å². The first-order chi connectivity index (χ1) is 15.9. The lowest BCUT2D eigenvalue weighted by Crippen LogP contribution is -2.17. The number of carbonyl (C=O) groups excluding carboxylic acids is 2. The number of rotatable bonds is 9. The van der Waals surface area contributed by atoms with Gasteiger partial charge in [0.25, 0.3) is 0 Å². The van der Waals surface area contributed by atoms with Crippen LogP contribution in [0.2, 0.25) is 5.02 Å². The van der Waals surface area contributed by atoms with Crippen molar-refractivity contribution < 1.29 is 18.8 Å². The molecule has 0 saturated carbocycles. The van der Waals surface area contributed by atoms with E-state index in [9.17, 15) is 9.59 Å². The predicted molar refractivity (Wildman–Crippen MR) is 131 cm³/mol. The van der Waals surface area contributed by atoms with Gasteiger partial charge in [0.05, 0.1) is 0 Å². The van der Waals surface area contributed by atoms with Crippen molar-refractivity contribution in [2.24, 2.45) is 0 Å². The first-order valence-electron chi connectivity index (χ1n) is 10.4. The topological polar surface area (TPSA) is 93.5 Å². The van der Waals surface area contributed by atoms with Gasteiger partial charge >= 0.3 is 6.09 Å². The van der Waals surface area contributed by atoms with Crippen molar-refractivity contribution in [2.45, 2.75) is 32.1 Å². The van der Waals surface area contributed by atoms with Crippen LogP contribution in [0, 0.1) is 6.92 Å². The van der Waals surface area contributed by atoms with Crippen molar-refractivity contribution in [3.8, 4) is 11.3 Å². The molecular formula is C24H26ClN3O4S. The minimum atomic E-state index is -0.626. The summed E-state index contributed by atoms with van der Waals surface area (Å²) in [6.07, 6.45) is -0.654. The van der Waals surface area contributed by atoms with E-state index in [0.717, 1.165) is 28.2 Å². The smallest absolute Gasteiger partial charge is 0.412 e. The van der Waals surface area contributed by atoms with Gasteiger partial charge in [-0.3, -0.25) is 10.1 Å². The maximum absolute atomic E-state index is 12.5. The fraction of sp³-hybridized carbons (Fsp3) is 0.292. The molecule has 0 fully saturated rings. The number of anilines is 1. The van der Waals surface area contributed by atoms with Crippen LogP contribution in [0.15, 0.2) is 53.1 Å². The second kappa shape index (κ2) is 11.8. The van der Waals surface area contributed by atoms with E-state index in [1.807, 2.05) is 42.5 Å². The molecule has 3 rings (SSSR count). The van der Waals surface area contributed by atoms with Crippen molar-refractivity contribution in [3.63, 3.8) is 0 Å². The molecule has 1 aromatic heterocycles. The molecule has 33 heavy (non-hydrogen) atoms. The van der Waals surface area contributed by atoms with E-state index in [1.54, 1.807) is 38.7 Å². The average molecular weight is 488 g/mol. The Bertz CT molecular complexity index is 1100. The highest BCUT2D eigenvalue weighted by Crippen LogP contribution is 2.32. The number of benzene rings is 2. The first-order valence-corrected chi connectivity index (χ1v) is 12.0. The maximum Gasteiger partial charge on any atom is 0.412 e. The summed E-state index contributed by atoms with van der Waals surface area (Å²) in [6.45, 7) is 3.51. The lowest BCUT2D eigenvalue weighted by molar-refractivity contribution is -0.120. The Labute approximate surface area is 202 Å². The van der Waals surface area contributed by atoms with Gasteiger partial charge in [0.15, 0.2) is 5.76 Å². The van der Waals surface area contributed by atoms with E-state index in [4.69, 9.17) is 20.9 Å². The zero-order chi connectivity index (χ0) is 23.8. The van der Waals surface area contributed by atoms with E-state index in [1.165, 1.54) is 0 Å². The molecule has 0 saturated heterocycles. The molecule has 2 amide bonds. The average Bonchev–Trinajstić information content (AvgIpc) is 3.17. The second-order valence-corrected chi connectivity index (χ2v) is 8.85. The molecule has 1 atom stereocenters. The van der Waals surface area contributed by atoms with Gasteiger partial charge in [-0.25, -0.2) is 4.79 Å². The molecular weight excluding hydrogens is 462 g/mol. The lowest BCUT2D eigenvalue weighted by Gasteiger charge is -2.15. The van der Waals surface area contributed by atoms with Gasteiger partial charge in [-0.1, -0.05) is 59.2 Å². The van der Waals surface area contributed by atoms with Gasteiger partial charge in [0.1, 0.15) is 17.5 Å². The molecule has 2 N–H and O–H groups in total. The van der Waals surface area contributed by atoms with Crippen LogP contribution in [0.3, 0.4) is 0 Å². The number of halogens is 1. The minimum absolute atomic E-state index is 0.0401. The molecule has 0 radical (unpaired) electrons. The van der Waals surface area contributed by atoms with Gasteiger partial charge in [0.2, 0.25) is 5.91 Å². The number of hydrogen-bond acceptors (Lipinski definition) is 6. The van der Waals surface area contributed by atoms with Crippen LogP contribution in [0.5, 0.6) is 0 Å². The van der Waals surface area contributed by atoms with Crippen molar-refractivity contribution in [3.05, 3.63) is 70.4 Å². The maximum atomic E-state index is 12.5. The van der Waals surface area contributed by atoms with Crippen LogP contribution in [0.25, 0.3) is 11.3 Å². The summed E-state index contributed by atoms with van der Waals surface area (Å²) < 4.78 is 11.0. The number of aryl methyl sites for hydroxylation is 1. The number of hydrogen-bond donors (Lipinski definition) is 2. The second-order valence-electron chi connectivity index (χ2n) is 7.34. The molecule has 9 heteroatoms. The van der Waals surface area contributed by atoms with Crippen molar-refractivity contribution >= 4 is 41.1 Å². The highest BCUT2D eigenvalue weighted by atomic mass is 35.5. The number of ether oxygens (including phenoxy) is 1. The predicted octanol–water partition coefficient (Wildman–Crippen LogP) is 5.98.